The first kappa shape index (κ1) is 11.0. The van der Waals surface area contributed by atoms with Crippen LogP contribution < -0.4 is 0 Å². The Morgan fingerprint density at radius 2 is 2.19 bits per heavy atom. The van der Waals surface area contributed by atoms with E-state index in [1.165, 1.54) is 17.1 Å². The maximum atomic E-state index is 11.8. The second-order valence-corrected chi connectivity index (χ2v) is 3.90. The monoisotopic (exact) mass is 256 g/mol. The van der Waals surface area contributed by atoms with Crippen molar-refractivity contribution in [2.24, 2.45) is 0 Å². The topological polar surface area (TPSA) is 60.7 Å². The number of aromatic nitrogens is 4. The molecule has 0 spiro atoms. The van der Waals surface area contributed by atoms with E-state index in [1.54, 1.807) is 12.1 Å². The summed E-state index contributed by atoms with van der Waals surface area (Å²) in [6.45, 7) is 0.0500. The molecule has 0 aliphatic carbocycles. The number of nitrogens with zero attached hydrogens (tertiary/aromatic N) is 4. The van der Waals surface area contributed by atoms with Crippen LogP contribution in [-0.4, -0.2) is 26.0 Å². The first-order valence-electron chi connectivity index (χ1n) is 4.36. The van der Waals surface area contributed by atoms with Crippen LogP contribution >= 0.6 is 23.2 Å². The van der Waals surface area contributed by atoms with Gasteiger partial charge in [-0.25, -0.2) is 4.68 Å². The van der Waals surface area contributed by atoms with E-state index < -0.39 is 0 Å². The van der Waals surface area contributed by atoms with Gasteiger partial charge in [0.05, 0.1) is 5.02 Å². The molecule has 0 bridgehead atoms. The molecule has 5 nitrogen and oxygen atoms in total. The van der Waals surface area contributed by atoms with Crippen LogP contribution in [0.15, 0.2) is 24.5 Å². The molecular weight excluding hydrogens is 251 g/mol. The minimum absolute atomic E-state index is 0.0500. The quantitative estimate of drug-likeness (QED) is 0.787. The number of carbonyl (C=O) groups excluding carboxylic acids is 1. The van der Waals surface area contributed by atoms with Gasteiger partial charge in [0.15, 0.2) is 5.78 Å². The molecule has 1 aromatic carbocycles. The fourth-order valence-corrected chi connectivity index (χ4v) is 1.71. The molecule has 2 aromatic rings. The van der Waals surface area contributed by atoms with Gasteiger partial charge in [-0.3, -0.25) is 4.79 Å². The molecule has 16 heavy (non-hydrogen) atoms. The summed E-state index contributed by atoms with van der Waals surface area (Å²) in [5.74, 6) is -0.172. The van der Waals surface area contributed by atoms with Crippen molar-refractivity contribution in [3.05, 3.63) is 40.1 Å². The number of benzene rings is 1. The van der Waals surface area contributed by atoms with E-state index >= 15 is 0 Å². The van der Waals surface area contributed by atoms with Crippen molar-refractivity contribution in [2.45, 2.75) is 6.54 Å². The number of rotatable bonds is 3. The van der Waals surface area contributed by atoms with Gasteiger partial charge in [-0.05, 0) is 28.6 Å². The van der Waals surface area contributed by atoms with Gasteiger partial charge in [0.2, 0.25) is 0 Å². The van der Waals surface area contributed by atoms with Crippen molar-refractivity contribution in [1.82, 2.24) is 20.2 Å². The molecule has 0 fully saturated rings. The Labute approximate surface area is 101 Å². The molecule has 0 unspecified atom stereocenters. The lowest BCUT2D eigenvalue weighted by molar-refractivity contribution is 0.0967. The van der Waals surface area contributed by atoms with E-state index in [2.05, 4.69) is 15.5 Å². The third-order valence-corrected chi connectivity index (χ3v) is 2.48. The Bertz CT molecular complexity index is 512. The Hall–Kier alpha value is -1.46. The second kappa shape index (κ2) is 4.59. The lowest BCUT2D eigenvalue weighted by atomic mass is 10.1. The van der Waals surface area contributed by atoms with Gasteiger partial charge in [-0.15, -0.1) is 5.10 Å². The molecule has 0 amide bonds. The molecule has 0 N–H and O–H groups in total. The van der Waals surface area contributed by atoms with Crippen molar-refractivity contribution in [3.8, 4) is 0 Å². The zero-order valence-corrected chi connectivity index (χ0v) is 9.48. The SMILES string of the molecule is O=C(Cn1cnnn1)c1ccc(Cl)cc1Cl. The first-order chi connectivity index (χ1) is 7.66. The van der Waals surface area contributed by atoms with E-state index in [1.807, 2.05) is 0 Å². The number of halogens is 2. The predicted octanol–water partition coefficient (Wildman–Crippen LogP) is 1.86. The molecule has 0 saturated heterocycles. The molecule has 0 saturated carbocycles. The van der Waals surface area contributed by atoms with Crippen LogP contribution in [-0.2, 0) is 6.54 Å². The molecular formula is C9H6Cl2N4O. The number of hydrogen-bond donors (Lipinski definition) is 0. The van der Waals surface area contributed by atoms with Gasteiger partial charge >= 0.3 is 0 Å². The molecule has 2 rings (SSSR count). The molecule has 82 valence electrons. The van der Waals surface area contributed by atoms with E-state index in [9.17, 15) is 4.79 Å². The van der Waals surface area contributed by atoms with Crippen LogP contribution in [0.4, 0.5) is 0 Å². The minimum atomic E-state index is -0.172. The van der Waals surface area contributed by atoms with Gasteiger partial charge in [0, 0.05) is 10.6 Å². The average molecular weight is 257 g/mol. The summed E-state index contributed by atoms with van der Waals surface area (Å²) in [6.07, 6.45) is 1.36. The van der Waals surface area contributed by atoms with E-state index in [-0.39, 0.29) is 12.3 Å². The van der Waals surface area contributed by atoms with Crippen molar-refractivity contribution in [2.75, 3.05) is 0 Å². The van der Waals surface area contributed by atoms with Crippen LogP contribution in [0, 0.1) is 0 Å². The van der Waals surface area contributed by atoms with E-state index in [0.29, 0.717) is 15.6 Å². The highest BCUT2D eigenvalue weighted by Crippen LogP contribution is 2.21. The highest BCUT2D eigenvalue weighted by atomic mass is 35.5. The highest BCUT2D eigenvalue weighted by molar-refractivity contribution is 6.36. The van der Waals surface area contributed by atoms with Crippen molar-refractivity contribution in [3.63, 3.8) is 0 Å². The number of carbonyl (C=O) groups is 1. The lowest BCUT2D eigenvalue weighted by Crippen LogP contribution is -2.11. The second-order valence-electron chi connectivity index (χ2n) is 3.05. The smallest absolute Gasteiger partial charge is 0.185 e. The summed E-state index contributed by atoms with van der Waals surface area (Å²) in [4.78, 5) is 11.8. The zero-order chi connectivity index (χ0) is 11.5. The van der Waals surface area contributed by atoms with Gasteiger partial charge in [-0.1, -0.05) is 23.2 Å². The highest BCUT2D eigenvalue weighted by Gasteiger charge is 2.11. The largest absolute Gasteiger partial charge is 0.292 e. The Morgan fingerprint density at radius 1 is 1.38 bits per heavy atom. The van der Waals surface area contributed by atoms with Crippen molar-refractivity contribution < 1.29 is 4.79 Å². The molecule has 1 aromatic heterocycles. The first-order valence-corrected chi connectivity index (χ1v) is 5.11. The summed E-state index contributed by atoms with van der Waals surface area (Å²) < 4.78 is 1.33. The Morgan fingerprint density at radius 3 is 2.81 bits per heavy atom. The Balaban J connectivity index is 2.21. The van der Waals surface area contributed by atoms with E-state index in [4.69, 9.17) is 23.2 Å². The fraction of sp³-hybridized carbons (Fsp3) is 0.111. The maximum Gasteiger partial charge on any atom is 0.185 e. The third-order valence-electron chi connectivity index (χ3n) is 1.93. The molecule has 0 radical (unpaired) electrons. The van der Waals surface area contributed by atoms with Gasteiger partial charge in [0.1, 0.15) is 12.9 Å². The summed E-state index contributed by atoms with van der Waals surface area (Å²) in [7, 11) is 0. The molecule has 0 atom stereocenters. The third kappa shape index (κ3) is 2.37. The summed E-state index contributed by atoms with van der Waals surface area (Å²) in [5, 5.41) is 11.3. The number of ketones is 1. The zero-order valence-electron chi connectivity index (χ0n) is 7.97. The lowest BCUT2D eigenvalue weighted by Gasteiger charge is -2.03. The van der Waals surface area contributed by atoms with Crippen LogP contribution in [0.3, 0.4) is 0 Å². The van der Waals surface area contributed by atoms with Gasteiger partial charge in [0.25, 0.3) is 0 Å². The summed E-state index contributed by atoms with van der Waals surface area (Å²) >= 11 is 11.6. The fourth-order valence-electron chi connectivity index (χ4n) is 1.20. The molecule has 1 heterocycles. The summed E-state index contributed by atoms with van der Waals surface area (Å²) in [5.41, 5.74) is 0.404. The summed E-state index contributed by atoms with van der Waals surface area (Å²) in [6, 6.07) is 4.72. The number of Topliss-reactive ketones (excluding diaryl/α,β-unsaturated/α-hetero) is 1. The van der Waals surface area contributed by atoms with Crippen LogP contribution in [0.25, 0.3) is 0 Å². The van der Waals surface area contributed by atoms with Crippen molar-refractivity contribution in [1.29, 1.82) is 0 Å². The van der Waals surface area contributed by atoms with Crippen LogP contribution in [0.5, 0.6) is 0 Å². The molecule has 7 heteroatoms. The molecule has 0 aliphatic rings. The Kier molecular flexibility index (Phi) is 3.17. The van der Waals surface area contributed by atoms with Crippen LogP contribution in [0.1, 0.15) is 10.4 Å². The minimum Gasteiger partial charge on any atom is -0.292 e. The maximum absolute atomic E-state index is 11.8. The van der Waals surface area contributed by atoms with Crippen molar-refractivity contribution >= 4 is 29.0 Å². The standard InChI is InChI=1S/C9H6Cl2N4O/c10-6-1-2-7(8(11)3-6)9(16)4-15-5-12-13-14-15/h1-3,5H,4H2. The number of tetrazole rings is 1. The molecule has 0 aliphatic heterocycles. The van der Waals surface area contributed by atoms with E-state index in [0.717, 1.165) is 0 Å². The number of hydrogen-bond acceptors (Lipinski definition) is 4. The normalized spacial score (nSPS) is 10.4. The van der Waals surface area contributed by atoms with Gasteiger partial charge in [-0.2, -0.15) is 0 Å². The predicted molar refractivity (Wildman–Crippen MR) is 58.6 cm³/mol. The van der Waals surface area contributed by atoms with Gasteiger partial charge < -0.3 is 0 Å². The van der Waals surface area contributed by atoms with Crippen LogP contribution in [0.2, 0.25) is 10.0 Å². The average Bonchev–Trinajstić information content (AvgIpc) is 2.70.